The summed E-state index contributed by atoms with van der Waals surface area (Å²) < 4.78 is 2.40. The van der Waals surface area contributed by atoms with Gasteiger partial charge in [-0.2, -0.15) is 0 Å². The van der Waals surface area contributed by atoms with Crippen molar-refractivity contribution in [1.29, 1.82) is 0 Å². The largest absolute Gasteiger partial charge is 0.359 e. The van der Waals surface area contributed by atoms with Crippen molar-refractivity contribution in [2.45, 2.75) is 31.8 Å². The molecule has 1 aliphatic heterocycles. The molecule has 4 nitrogen and oxygen atoms in total. The third-order valence-electron chi connectivity index (χ3n) is 5.86. The Morgan fingerprint density at radius 3 is 2.59 bits per heavy atom. The van der Waals surface area contributed by atoms with Crippen molar-refractivity contribution in [3.05, 3.63) is 69.3 Å². The summed E-state index contributed by atoms with van der Waals surface area (Å²) in [6, 6.07) is 14.0. The van der Waals surface area contributed by atoms with Crippen LogP contribution in [0, 0.1) is 0 Å². The van der Waals surface area contributed by atoms with E-state index in [1.807, 2.05) is 30.3 Å². The van der Waals surface area contributed by atoms with Gasteiger partial charge < -0.3 is 14.8 Å². The summed E-state index contributed by atoms with van der Waals surface area (Å²) in [6.07, 6.45) is 1.42. The van der Waals surface area contributed by atoms with Gasteiger partial charge in [0.25, 0.3) is 0 Å². The van der Waals surface area contributed by atoms with Crippen molar-refractivity contribution >= 4 is 40.0 Å². The topological polar surface area (TPSA) is 37.3 Å². The molecule has 29 heavy (non-hydrogen) atoms. The number of carbonyl (C=O) groups is 1. The van der Waals surface area contributed by atoms with Gasteiger partial charge in [-0.25, -0.2) is 0 Å². The minimum Gasteiger partial charge on any atom is -0.359 e. The first-order valence-electron chi connectivity index (χ1n) is 9.90. The zero-order chi connectivity index (χ0) is 20.5. The van der Waals surface area contributed by atoms with Gasteiger partial charge >= 0.3 is 0 Å². The SMILES string of the molecule is CNC(=O)CC(Cn1c2c(c3cc(Cl)ccc31)CN(C)CC2)c1ccc(Cl)cc1. The third-order valence-corrected chi connectivity index (χ3v) is 6.35. The number of nitrogens with zero attached hydrogens (tertiary/aromatic N) is 2. The molecule has 1 amide bonds. The smallest absolute Gasteiger partial charge is 0.220 e. The number of aromatic nitrogens is 1. The predicted octanol–water partition coefficient (Wildman–Crippen LogP) is 4.86. The maximum absolute atomic E-state index is 12.3. The maximum atomic E-state index is 12.3. The lowest BCUT2D eigenvalue weighted by molar-refractivity contribution is -0.121. The number of halogens is 2. The van der Waals surface area contributed by atoms with Gasteiger partial charge in [-0.3, -0.25) is 4.79 Å². The molecule has 6 heteroatoms. The van der Waals surface area contributed by atoms with E-state index in [0.29, 0.717) is 11.4 Å². The molecule has 2 aromatic carbocycles. The molecule has 1 N–H and O–H groups in total. The molecule has 2 heterocycles. The molecule has 152 valence electrons. The van der Waals surface area contributed by atoms with Gasteiger partial charge in [0.1, 0.15) is 0 Å². The highest BCUT2D eigenvalue weighted by atomic mass is 35.5. The normalized spacial score (nSPS) is 15.3. The fraction of sp³-hybridized carbons (Fsp3) is 0.348. The second-order valence-corrected chi connectivity index (χ2v) is 8.68. The van der Waals surface area contributed by atoms with E-state index in [0.717, 1.165) is 36.6 Å². The molecule has 1 aliphatic rings. The van der Waals surface area contributed by atoms with E-state index in [-0.39, 0.29) is 11.8 Å². The van der Waals surface area contributed by atoms with Crippen LogP contribution in [0.5, 0.6) is 0 Å². The Kier molecular flexibility index (Phi) is 5.86. The van der Waals surface area contributed by atoms with Crippen LogP contribution in [0.1, 0.15) is 29.2 Å². The first-order valence-corrected chi connectivity index (χ1v) is 10.7. The van der Waals surface area contributed by atoms with Crippen molar-refractivity contribution in [1.82, 2.24) is 14.8 Å². The summed E-state index contributed by atoms with van der Waals surface area (Å²) in [6.45, 7) is 2.69. The Morgan fingerprint density at radius 1 is 1.14 bits per heavy atom. The lowest BCUT2D eigenvalue weighted by Crippen LogP contribution is -2.28. The monoisotopic (exact) mass is 429 g/mol. The van der Waals surface area contributed by atoms with Gasteiger partial charge in [0.15, 0.2) is 0 Å². The van der Waals surface area contributed by atoms with Crippen LogP contribution in [0.2, 0.25) is 10.0 Å². The Hall–Kier alpha value is -2.01. The lowest BCUT2D eigenvalue weighted by atomic mass is 9.94. The summed E-state index contributed by atoms with van der Waals surface area (Å²) in [4.78, 5) is 14.6. The summed E-state index contributed by atoms with van der Waals surface area (Å²) in [5.41, 5.74) is 5.02. The van der Waals surface area contributed by atoms with E-state index < -0.39 is 0 Å². The Morgan fingerprint density at radius 2 is 1.86 bits per heavy atom. The molecule has 0 saturated heterocycles. The van der Waals surface area contributed by atoms with Crippen LogP contribution in [-0.2, 0) is 24.3 Å². The van der Waals surface area contributed by atoms with Crippen molar-refractivity contribution in [2.24, 2.45) is 0 Å². The molecule has 0 bridgehead atoms. The molecular formula is C23H25Cl2N3O. The summed E-state index contributed by atoms with van der Waals surface area (Å²) in [5, 5.41) is 5.44. The van der Waals surface area contributed by atoms with Crippen LogP contribution in [0.25, 0.3) is 10.9 Å². The standard InChI is InChI=1S/C23H25Cl2N3O/c1-26-23(29)11-16(15-3-5-17(24)6-4-15)13-28-21-8-7-18(25)12-19(21)20-14-27(2)10-9-22(20)28/h3-8,12,16H,9-11,13-14H2,1-2H3,(H,26,29). The highest BCUT2D eigenvalue weighted by molar-refractivity contribution is 6.31. The van der Waals surface area contributed by atoms with Crippen LogP contribution in [0.15, 0.2) is 42.5 Å². The minimum atomic E-state index is 0.0399. The zero-order valence-electron chi connectivity index (χ0n) is 16.7. The van der Waals surface area contributed by atoms with E-state index in [1.54, 1.807) is 7.05 Å². The average Bonchev–Trinajstić information content (AvgIpc) is 3.00. The molecule has 0 radical (unpaired) electrons. The van der Waals surface area contributed by atoms with Gasteiger partial charge in [-0.1, -0.05) is 35.3 Å². The quantitative estimate of drug-likeness (QED) is 0.628. The van der Waals surface area contributed by atoms with Crippen molar-refractivity contribution in [2.75, 3.05) is 20.6 Å². The molecule has 1 aromatic heterocycles. The average molecular weight is 430 g/mol. The summed E-state index contributed by atoms with van der Waals surface area (Å²) in [7, 11) is 3.84. The minimum absolute atomic E-state index is 0.0399. The number of amides is 1. The van der Waals surface area contributed by atoms with Gasteiger partial charge in [-0.15, -0.1) is 0 Å². The molecule has 0 spiro atoms. The highest BCUT2D eigenvalue weighted by Crippen LogP contribution is 2.35. The Bertz CT molecular complexity index is 1040. The molecule has 1 atom stereocenters. The van der Waals surface area contributed by atoms with Crippen LogP contribution < -0.4 is 5.32 Å². The van der Waals surface area contributed by atoms with Gasteiger partial charge in [0.2, 0.25) is 5.91 Å². The van der Waals surface area contributed by atoms with Crippen LogP contribution in [0.4, 0.5) is 0 Å². The first kappa shape index (κ1) is 20.3. The number of nitrogens with one attached hydrogen (secondary N) is 1. The van der Waals surface area contributed by atoms with Gasteiger partial charge in [-0.05, 0) is 48.5 Å². The number of carbonyl (C=O) groups excluding carboxylic acids is 1. The molecule has 0 fully saturated rings. The zero-order valence-corrected chi connectivity index (χ0v) is 18.2. The first-order chi connectivity index (χ1) is 14.0. The fourth-order valence-electron chi connectivity index (χ4n) is 4.33. The van der Waals surface area contributed by atoms with Crippen molar-refractivity contribution < 1.29 is 4.79 Å². The number of likely N-dealkylation sites (N-methyl/N-ethyl adjacent to an activating group) is 1. The van der Waals surface area contributed by atoms with Crippen LogP contribution >= 0.6 is 23.2 Å². The number of fused-ring (bicyclic) bond motifs is 3. The van der Waals surface area contributed by atoms with E-state index in [2.05, 4.69) is 34.0 Å². The molecule has 0 aliphatic carbocycles. The van der Waals surface area contributed by atoms with E-state index in [4.69, 9.17) is 23.2 Å². The van der Waals surface area contributed by atoms with Crippen LogP contribution in [-0.4, -0.2) is 36.0 Å². The lowest BCUT2D eigenvalue weighted by Gasteiger charge is -2.26. The van der Waals surface area contributed by atoms with Gasteiger partial charge in [0.05, 0.1) is 0 Å². The summed E-state index contributed by atoms with van der Waals surface area (Å²) >= 11 is 12.4. The van der Waals surface area contributed by atoms with Crippen LogP contribution in [0.3, 0.4) is 0 Å². The number of benzene rings is 2. The second-order valence-electron chi connectivity index (χ2n) is 7.81. The molecular weight excluding hydrogens is 405 g/mol. The van der Waals surface area contributed by atoms with Crippen molar-refractivity contribution in [3.8, 4) is 0 Å². The molecule has 4 rings (SSSR count). The molecule has 0 saturated carbocycles. The highest BCUT2D eigenvalue weighted by Gasteiger charge is 2.25. The van der Waals surface area contributed by atoms with Gasteiger partial charge in [0, 0.05) is 72.1 Å². The van der Waals surface area contributed by atoms with E-state index >= 15 is 0 Å². The maximum Gasteiger partial charge on any atom is 0.220 e. The molecule has 1 unspecified atom stereocenters. The number of hydrogen-bond acceptors (Lipinski definition) is 2. The number of hydrogen-bond donors (Lipinski definition) is 1. The number of rotatable bonds is 5. The predicted molar refractivity (Wildman–Crippen MR) is 120 cm³/mol. The second kappa shape index (κ2) is 8.39. The fourth-order valence-corrected chi connectivity index (χ4v) is 4.63. The van der Waals surface area contributed by atoms with E-state index in [9.17, 15) is 4.79 Å². The summed E-state index contributed by atoms with van der Waals surface area (Å²) in [5.74, 6) is 0.0975. The Labute approximate surface area is 181 Å². The Balaban J connectivity index is 1.79. The van der Waals surface area contributed by atoms with E-state index in [1.165, 1.54) is 22.2 Å². The van der Waals surface area contributed by atoms with Crippen molar-refractivity contribution in [3.63, 3.8) is 0 Å². The third kappa shape index (κ3) is 4.16. The molecule has 3 aromatic rings.